The molecule has 0 aliphatic rings. The summed E-state index contributed by atoms with van der Waals surface area (Å²) in [5, 5.41) is 28.3. The summed E-state index contributed by atoms with van der Waals surface area (Å²) in [5.74, 6) is -0.925. The second kappa shape index (κ2) is 4.30. The van der Waals surface area contributed by atoms with Crippen LogP contribution in [0.5, 0.6) is 17.2 Å². The fraction of sp³-hybridized carbons (Fsp3) is 0.0769. The number of benzene rings is 1. The van der Waals surface area contributed by atoms with E-state index < -0.39 is 5.75 Å². The maximum absolute atomic E-state index is 9.50. The quantitative estimate of drug-likeness (QED) is 0.520. The minimum absolute atomic E-state index is 0.345. The SMILES string of the molecule is Nc1nccc2c1ncn2Cc1cc(O)c(O)c(O)c1. The van der Waals surface area contributed by atoms with E-state index in [-0.39, 0.29) is 11.5 Å². The van der Waals surface area contributed by atoms with Crippen molar-refractivity contribution in [2.75, 3.05) is 5.73 Å². The second-order valence-electron chi connectivity index (χ2n) is 4.42. The molecule has 0 aliphatic heterocycles. The van der Waals surface area contributed by atoms with Crippen LogP contribution in [0.2, 0.25) is 0 Å². The summed E-state index contributed by atoms with van der Waals surface area (Å²) in [6, 6.07) is 4.54. The van der Waals surface area contributed by atoms with Gasteiger partial charge in [0.25, 0.3) is 0 Å². The zero-order valence-corrected chi connectivity index (χ0v) is 10.4. The van der Waals surface area contributed by atoms with Gasteiger partial charge in [0, 0.05) is 12.7 Å². The van der Waals surface area contributed by atoms with E-state index in [1.54, 1.807) is 23.2 Å². The van der Waals surface area contributed by atoms with Gasteiger partial charge >= 0.3 is 0 Å². The Morgan fingerprint density at radius 2 is 1.80 bits per heavy atom. The van der Waals surface area contributed by atoms with Crippen molar-refractivity contribution < 1.29 is 15.3 Å². The van der Waals surface area contributed by atoms with Gasteiger partial charge in [0.1, 0.15) is 5.52 Å². The average Bonchev–Trinajstić information content (AvgIpc) is 2.81. The molecule has 7 nitrogen and oxygen atoms in total. The molecule has 1 aromatic carbocycles. The number of pyridine rings is 1. The largest absolute Gasteiger partial charge is 0.504 e. The third-order valence-corrected chi connectivity index (χ3v) is 3.05. The summed E-state index contributed by atoms with van der Waals surface area (Å²) < 4.78 is 1.80. The van der Waals surface area contributed by atoms with E-state index in [1.807, 2.05) is 0 Å². The first-order valence-electron chi connectivity index (χ1n) is 5.85. The molecule has 2 aromatic heterocycles. The van der Waals surface area contributed by atoms with E-state index in [0.717, 1.165) is 5.52 Å². The van der Waals surface area contributed by atoms with Gasteiger partial charge in [0.15, 0.2) is 23.1 Å². The van der Waals surface area contributed by atoms with Crippen molar-refractivity contribution in [3.63, 3.8) is 0 Å². The Morgan fingerprint density at radius 1 is 1.10 bits per heavy atom. The van der Waals surface area contributed by atoms with Gasteiger partial charge < -0.3 is 25.6 Å². The molecule has 0 unspecified atom stereocenters. The van der Waals surface area contributed by atoms with Gasteiger partial charge in [-0.15, -0.1) is 0 Å². The highest BCUT2D eigenvalue weighted by molar-refractivity contribution is 5.84. The molecule has 0 saturated carbocycles. The maximum atomic E-state index is 9.50. The van der Waals surface area contributed by atoms with E-state index in [0.29, 0.717) is 23.4 Å². The van der Waals surface area contributed by atoms with E-state index in [4.69, 9.17) is 5.73 Å². The van der Waals surface area contributed by atoms with Crippen LogP contribution in [0.15, 0.2) is 30.7 Å². The molecule has 0 radical (unpaired) electrons. The maximum Gasteiger partial charge on any atom is 0.200 e. The number of rotatable bonds is 2. The number of hydrogen-bond acceptors (Lipinski definition) is 6. The fourth-order valence-corrected chi connectivity index (χ4v) is 2.09. The van der Waals surface area contributed by atoms with Crippen molar-refractivity contribution in [3.05, 3.63) is 36.3 Å². The van der Waals surface area contributed by atoms with Gasteiger partial charge in [-0.3, -0.25) is 0 Å². The van der Waals surface area contributed by atoms with Crippen LogP contribution in [0.4, 0.5) is 5.82 Å². The molecule has 5 N–H and O–H groups in total. The number of aromatic nitrogens is 3. The van der Waals surface area contributed by atoms with Crippen LogP contribution < -0.4 is 5.73 Å². The molecule has 0 fully saturated rings. The highest BCUT2D eigenvalue weighted by atomic mass is 16.3. The van der Waals surface area contributed by atoms with Crippen LogP contribution in [-0.4, -0.2) is 29.9 Å². The standard InChI is InChI=1S/C13H12N4O3/c14-13-11-8(1-2-15-13)17(6-16-11)5-7-3-9(18)12(20)10(19)4-7/h1-4,6,18-20H,5H2,(H2,14,15). The predicted octanol–water partition coefficient (Wildman–Crippen LogP) is 1.18. The van der Waals surface area contributed by atoms with Crippen LogP contribution in [0.1, 0.15) is 5.56 Å². The first kappa shape index (κ1) is 12.1. The molecule has 0 atom stereocenters. The van der Waals surface area contributed by atoms with Gasteiger partial charge in [-0.2, -0.15) is 0 Å². The summed E-state index contributed by atoms with van der Waals surface area (Å²) in [6.45, 7) is 0.362. The number of anilines is 1. The number of phenols is 3. The monoisotopic (exact) mass is 272 g/mol. The average molecular weight is 272 g/mol. The zero-order valence-electron chi connectivity index (χ0n) is 10.4. The Bertz CT molecular complexity index is 774. The molecule has 102 valence electrons. The molecule has 0 amide bonds. The summed E-state index contributed by atoms with van der Waals surface area (Å²) >= 11 is 0. The van der Waals surface area contributed by atoms with Crippen LogP contribution in [-0.2, 0) is 6.54 Å². The van der Waals surface area contributed by atoms with Crippen LogP contribution in [0.25, 0.3) is 11.0 Å². The van der Waals surface area contributed by atoms with E-state index in [1.165, 1.54) is 12.1 Å². The lowest BCUT2D eigenvalue weighted by molar-refractivity contribution is 0.367. The Balaban J connectivity index is 2.04. The lowest BCUT2D eigenvalue weighted by atomic mass is 10.2. The topological polar surface area (TPSA) is 117 Å². The number of fused-ring (bicyclic) bond motifs is 1. The third-order valence-electron chi connectivity index (χ3n) is 3.05. The molecule has 2 heterocycles. The summed E-state index contributed by atoms with van der Waals surface area (Å²) in [5.41, 5.74) is 7.74. The number of nitrogens with zero attached hydrogens (tertiary/aromatic N) is 3. The van der Waals surface area contributed by atoms with Gasteiger partial charge in [-0.05, 0) is 23.8 Å². The van der Waals surface area contributed by atoms with Crippen molar-refractivity contribution >= 4 is 16.9 Å². The lowest BCUT2D eigenvalue weighted by Gasteiger charge is -2.07. The zero-order chi connectivity index (χ0) is 14.3. The minimum Gasteiger partial charge on any atom is -0.504 e. The first-order chi connectivity index (χ1) is 9.56. The molecule has 3 aromatic rings. The van der Waals surface area contributed by atoms with Gasteiger partial charge in [-0.1, -0.05) is 0 Å². The normalized spacial score (nSPS) is 11.0. The summed E-state index contributed by atoms with van der Waals surface area (Å²) in [7, 11) is 0. The number of imidazole rings is 1. The summed E-state index contributed by atoms with van der Waals surface area (Å²) in [6.07, 6.45) is 3.19. The number of hydrogen-bond donors (Lipinski definition) is 4. The smallest absolute Gasteiger partial charge is 0.200 e. The lowest BCUT2D eigenvalue weighted by Crippen LogP contribution is -1.98. The number of aromatic hydroxyl groups is 3. The highest BCUT2D eigenvalue weighted by Gasteiger charge is 2.10. The highest BCUT2D eigenvalue weighted by Crippen LogP contribution is 2.35. The van der Waals surface area contributed by atoms with Gasteiger partial charge in [-0.25, -0.2) is 9.97 Å². The number of nitrogen functional groups attached to an aromatic ring is 1. The van der Waals surface area contributed by atoms with Crippen LogP contribution in [0, 0.1) is 0 Å². The Hall–Kier alpha value is -2.96. The molecule has 0 spiro atoms. The van der Waals surface area contributed by atoms with Crippen molar-refractivity contribution in [3.8, 4) is 17.2 Å². The van der Waals surface area contributed by atoms with E-state index in [2.05, 4.69) is 9.97 Å². The molecule has 0 bridgehead atoms. The Kier molecular flexibility index (Phi) is 2.60. The second-order valence-corrected chi connectivity index (χ2v) is 4.42. The molecule has 20 heavy (non-hydrogen) atoms. The number of nitrogens with two attached hydrogens (primary N) is 1. The predicted molar refractivity (Wildman–Crippen MR) is 72.5 cm³/mol. The fourth-order valence-electron chi connectivity index (χ4n) is 2.09. The third kappa shape index (κ3) is 1.85. The molecule has 7 heteroatoms. The number of phenolic OH excluding ortho intramolecular Hbond substituents is 3. The van der Waals surface area contributed by atoms with E-state index >= 15 is 0 Å². The van der Waals surface area contributed by atoms with Gasteiger partial charge in [0.05, 0.1) is 11.8 Å². The molecular formula is C13H12N4O3. The van der Waals surface area contributed by atoms with Crippen molar-refractivity contribution in [2.45, 2.75) is 6.54 Å². The minimum atomic E-state index is -0.530. The van der Waals surface area contributed by atoms with E-state index in [9.17, 15) is 15.3 Å². The Morgan fingerprint density at radius 3 is 2.50 bits per heavy atom. The van der Waals surface area contributed by atoms with Crippen molar-refractivity contribution in [1.29, 1.82) is 0 Å². The van der Waals surface area contributed by atoms with Crippen molar-refractivity contribution in [1.82, 2.24) is 14.5 Å². The first-order valence-corrected chi connectivity index (χ1v) is 5.85. The molecule has 3 rings (SSSR count). The van der Waals surface area contributed by atoms with Crippen LogP contribution in [0.3, 0.4) is 0 Å². The van der Waals surface area contributed by atoms with Crippen molar-refractivity contribution in [2.24, 2.45) is 0 Å². The molecule has 0 aliphatic carbocycles. The Labute approximate surface area is 113 Å². The molecular weight excluding hydrogens is 260 g/mol. The molecule has 0 saturated heterocycles. The summed E-state index contributed by atoms with van der Waals surface area (Å²) in [4.78, 5) is 8.13. The van der Waals surface area contributed by atoms with Crippen LogP contribution >= 0.6 is 0 Å². The van der Waals surface area contributed by atoms with Gasteiger partial charge in [0.2, 0.25) is 0 Å².